The van der Waals surface area contributed by atoms with Crippen LogP contribution >= 0.6 is 0 Å². The smallest absolute Gasteiger partial charge is 0.242 e. The number of amides is 2. The number of urea groups is 1. The van der Waals surface area contributed by atoms with Crippen LogP contribution in [-0.4, -0.2) is 24.5 Å². The van der Waals surface area contributed by atoms with Crippen LogP contribution in [0.15, 0.2) is 15.2 Å². The van der Waals surface area contributed by atoms with Gasteiger partial charge in [0.1, 0.15) is 0 Å². The fourth-order valence-electron chi connectivity index (χ4n) is 1.21. The summed E-state index contributed by atoms with van der Waals surface area (Å²) in [5, 5.41) is 11.1. The molecule has 0 aromatic carbocycles. The van der Waals surface area contributed by atoms with Crippen molar-refractivity contribution in [2.45, 2.75) is 18.9 Å². The predicted molar refractivity (Wildman–Crippen MR) is 37.7 cm³/mol. The summed E-state index contributed by atoms with van der Waals surface area (Å²) in [6, 6.07) is -0.465. The summed E-state index contributed by atoms with van der Waals surface area (Å²) in [4.78, 5) is 14.1. The third-order valence-electron chi connectivity index (χ3n) is 1.73. The maximum Gasteiger partial charge on any atom is 0.387 e. The van der Waals surface area contributed by atoms with Gasteiger partial charge in [0.05, 0.1) is 6.04 Å². The number of azo groups is 1. The van der Waals surface area contributed by atoms with Crippen LogP contribution in [0.5, 0.6) is 0 Å². The molecule has 0 aromatic heterocycles. The Morgan fingerprint density at radius 3 is 2.82 bits per heavy atom. The van der Waals surface area contributed by atoms with Gasteiger partial charge in [-0.15, -0.1) is 5.11 Å². The van der Waals surface area contributed by atoms with Crippen molar-refractivity contribution in [3.05, 3.63) is 0 Å². The number of rotatable bonds is 1. The summed E-state index contributed by atoms with van der Waals surface area (Å²) in [6.07, 6.45) is 2.01. The van der Waals surface area contributed by atoms with E-state index in [1.165, 1.54) is 0 Å². The molecular formula is C6H7N4O. The number of nitrogens with zero attached hydrogens (tertiary/aromatic N) is 4. The summed E-state index contributed by atoms with van der Waals surface area (Å²) in [6.45, 7) is 0.855. The number of hydrogen-bond donors (Lipinski definition) is 0. The molecule has 1 unspecified atom stereocenters. The van der Waals surface area contributed by atoms with E-state index in [4.69, 9.17) is 0 Å². The third kappa shape index (κ3) is 1.19. The monoisotopic (exact) mass is 151 g/mol. The molecule has 1 fully saturated rings. The Hall–Kier alpha value is -1.10. The van der Waals surface area contributed by atoms with Crippen LogP contribution in [-0.2, 0) is 0 Å². The highest BCUT2D eigenvalue weighted by molar-refractivity contribution is 6.01. The number of aliphatic imine (C=N–C) groups is 1. The zero-order chi connectivity index (χ0) is 7.68. The van der Waals surface area contributed by atoms with Gasteiger partial charge in [0, 0.05) is 6.54 Å². The topological polar surface area (TPSA) is 68.2 Å². The Morgan fingerprint density at radius 1 is 1.36 bits per heavy atom. The highest BCUT2D eigenvalue weighted by Gasteiger charge is 2.25. The summed E-state index contributed by atoms with van der Waals surface area (Å²) in [5.41, 5.74) is 0. The minimum atomic E-state index is -0.498. The second-order valence-corrected chi connectivity index (χ2v) is 2.52. The molecular weight excluding hydrogens is 144 g/mol. The molecule has 0 spiro atoms. The number of carbonyl (C=O) groups is 1. The van der Waals surface area contributed by atoms with E-state index in [2.05, 4.69) is 20.5 Å². The van der Waals surface area contributed by atoms with Crippen LogP contribution in [0, 0.1) is 0 Å². The molecule has 0 N–H and O–H groups in total. The summed E-state index contributed by atoms with van der Waals surface area (Å²) in [7, 11) is 0. The van der Waals surface area contributed by atoms with E-state index in [0.29, 0.717) is 5.84 Å². The lowest BCUT2D eigenvalue weighted by molar-refractivity contribution is 0.257. The van der Waals surface area contributed by atoms with Gasteiger partial charge in [0.2, 0.25) is 0 Å². The van der Waals surface area contributed by atoms with Crippen LogP contribution < -0.4 is 5.32 Å². The number of amidine groups is 1. The Balaban J connectivity index is 2.10. The van der Waals surface area contributed by atoms with Gasteiger partial charge in [0.15, 0.2) is 5.84 Å². The van der Waals surface area contributed by atoms with Crippen LogP contribution in [0.3, 0.4) is 0 Å². The van der Waals surface area contributed by atoms with Crippen molar-refractivity contribution in [1.29, 1.82) is 0 Å². The molecule has 2 aliphatic heterocycles. The Morgan fingerprint density at radius 2 is 2.27 bits per heavy atom. The van der Waals surface area contributed by atoms with Gasteiger partial charge in [-0.3, -0.25) is 0 Å². The van der Waals surface area contributed by atoms with Crippen LogP contribution in [0.4, 0.5) is 4.79 Å². The Labute approximate surface area is 63.6 Å². The van der Waals surface area contributed by atoms with E-state index < -0.39 is 6.03 Å². The molecule has 11 heavy (non-hydrogen) atoms. The van der Waals surface area contributed by atoms with Crippen molar-refractivity contribution >= 4 is 11.9 Å². The highest BCUT2D eigenvalue weighted by Crippen LogP contribution is 2.13. The fraction of sp³-hybridized carbons (Fsp3) is 0.667. The van der Waals surface area contributed by atoms with E-state index in [1.54, 1.807) is 0 Å². The highest BCUT2D eigenvalue weighted by atomic mass is 16.2. The van der Waals surface area contributed by atoms with Crippen molar-refractivity contribution < 1.29 is 4.79 Å². The molecule has 2 rings (SSSR count). The molecule has 2 heterocycles. The predicted octanol–water partition coefficient (Wildman–Crippen LogP) is 0.738. The first kappa shape index (κ1) is 6.60. The van der Waals surface area contributed by atoms with E-state index in [-0.39, 0.29) is 6.04 Å². The summed E-state index contributed by atoms with van der Waals surface area (Å²) >= 11 is 0. The molecule has 5 heteroatoms. The first-order valence-electron chi connectivity index (χ1n) is 3.57. The standard InChI is InChI=1S/C6H7N4O/c11-6-8-5(9-10-6)4-2-1-3-7-4/h4H,1-3H2. The quantitative estimate of drug-likeness (QED) is 0.544. The van der Waals surface area contributed by atoms with Crippen molar-refractivity contribution in [3.8, 4) is 0 Å². The van der Waals surface area contributed by atoms with E-state index >= 15 is 0 Å². The Bertz CT molecular complexity index is 239. The fourth-order valence-corrected chi connectivity index (χ4v) is 1.21. The minimum absolute atomic E-state index is 0.0326. The molecule has 2 amide bonds. The van der Waals surface area contributed by atoms with Gasteiger partial charge in [-0.1, -0.05) is 5.11 Å². The van der Waals surface area contributed by atoms with Gasteiger partial charge >= 0.3 is 6.03 Å². The lowest BCUT2D eigenvalue weighted by Gasteiger charge is -2.01. The largest absolute Gasteiger partial charge is 0.387 e. The maximum absolute atomic E-state index is 10.5. The lowest BCUT2D eigenvalue weighted by Crippen LogP contribution is -2.22. The summed E-state index contributed by atoms with van der Waals surface area (Å²) in [5.74, 6) is 0.493. The van der Waals surface area contributed by atoms with Gasteiger partial charge in [-0.25, -0.2) is 10.1 Å². The van der Waals surface area contributed by atoms with Crippen LogP contribution in [0.25, 0.3) is 0 Å². The molecule has 2 aliphatic rings. The molecule has 0 aromatic rings. The van der Waals surface area contributed by atoms with Gasteiger partial charge < -0.3 is 0 Å². The second kappa shape index (κ2) is 2.50. The molecule has 57 valence electrons. The average molecular weight is 151 g/mol. The van der Waals surface area contributed by atoms with Gasteiger partial charge in [0.25, 0.3) is 0 Å². The first-order valence-corrected chi connectivity index (χ1v) is 3.57. The first-order chi connectivity index (χ1) is 5.36. The third-order valence-corrected chi connectivity index (χ3v) is 1.73. The van der Waals surface area contributed by atoms with Gasteiger partial charge in [-0.2, -0.15) is 4.99 Å². The van der Waals surface area contributed by atoms with Crippen LogP contribution in [0.2, 0.25) is 0 Å². The van der Waals surface area contributed by atoms with Crippen molar-refractivity contribution in [3.63, 3.8) is 0 Å². The van der Waals surface area contributed by atoms with Gasteiger partial charge in [-0.05, 0) is 12.8 Å². The maximum atomic E-state index is 10.5. The normalized spacial score (nSPS) is 29.6. The van der Waals surface area contributed by atoms with E-state index in [1.807, 2.05) is 0 Å². The average Bonchev–Trinajstić information content (AvgIpc) is 2.55. The van der Waals surface area contributed by atoms with Crippen molar-refractivity contribution in [2.24, 2.45) is 15.2 Å². The van der Waals surface area contributed by atoms with Crippen LogP contribution in [0.1, 0.15) is 12.8 Å². The zero-order valence-electron chi connectivity index (χ0n) is 5.90. The SMILES string of the molecule is O=C1N=NC(C2CCC[N]2)=N1. The molecule has 5 nitrogen and oxygen atoms in total. The molecule has 0 saturated carbocycles. The van der Waals surface area contributed by atoms with Crippen molar-refractivity contribution in [1.82, 2.24) is 5.32 Å². The van der Waals surface area contributed by atoms with E-state index in [0.717, 1.165) is 19.4 Å². The summed E-state index contributed by atoms with van der Waals surface area (Å²) < 4.78 is 0. The molecule has 1 atom stereocenters. The lowest BCUT2D eigenvalue weighted by atomic mass is 10.2. The molecule has 1 radical (unpaired) electrons. The van der Waals surface area contributed by atoms with Crippen molar-refractivity contribution in [2.75, 3.05) is 6.54 Å². The zero-order valence-corrected chi connectivity index (χ0v) is 5.90. The minimum Gasteiger partial charge on any atom is -0.242 e. The van der Waals surface area contributed by atoms with E-state index in [9.17, 15) is 4.79 Å². The number of carbonyl (C=O) groups excluding carboxylic acids is 1. The molecule has 1 saturated heterocycles. The Kier molecular flexibility index (Phi) is 1.50. The molecule has 0 aliphatic carbocycles. The molecule has 0 bridgehead atoms. The number of hydrogen-bond acceptors (Lipinski definition) is 2. The second-order valence-electron chi connectivity index (χ2n) is 2.52.